The summed E-state index contributed by atoms with van der Waals surface area (Å²) in [7, 11) is 3.11. The summed E-state index contributed by atoms with van der Waals surface area (Å²) in [4.78, 5) is 28.9. The molecule has 1 aliphatic carbocycles. The maximum Gasteiger partial charge on any atom is 0.329 e. The first-order chi connectivity index (χ1) is 12.4. The van der Waals surface area contributed by atoms with Crippen LogP contribution in [-0.2, 0) is 4.79 Å². The van der Waals surface area contributed by atoms with E-state index in [4.69, 9.17) is 9.47 Å². The van der Waals surface area contributed by atoms with Gasteiger partial charge >= 0.3 is 5.97 Å². The fourth-order valence-electron chi connectivity index (χ4n) is 2.90. The molecule has 0 unspecified atom stereocenters. The number of carbonyl (C=O) groups is 2. The molecule has 26 heavy (non-hydrogen) atoms. The fourth-order valence-corrected chi connectivity index (χ4v) is 3.85. The average Bonchev–Trinajstić information content (AvgIpc) is 2.98. The van der Waals surface area contributed by atoms with Gasteiger partial charge in [0.05, 0.1) is 19.9 Å². The van der Waals surface area contributed by atoms with Gasteiger partial charge in [0.25, 0.3) is 5.91 Å². The number of nitrogens with zero attached hydrogens (tertiary/aromatic N) is 1. The van der Waals surface area contributed by atoms with Crippen molar-refractivity contribution in [2.24, 2.45) is 0 Å². The number of nitrogens with one attached hydrogen (secondary N) is 1. The lowest BCUT2D eigenvalue weighted by molar-refractivity contribution is -0.148. The average molecular weight is 376 g/mol. The highest BCUT2D eigenvalue weighted by atomic mass is 32.1. The Hall–Kier alpha value is -2.61. The lowest BCUT2D eigenvalue weighted by Gasteiger charge is -2.38. The van der Waals surface area contributed by atoms with Gasteiger partial charge in [0.1, 0.15) is 15.4 Å². The van der Waals surface area contributed by atoms with Gasteiger partial charge in [0.15, 0.2) is 11.5 Å². The fraction of sp³-hybridized carbons (Fsp3) is 0.389. The van der Waals surface area contributed by atoms with Crippen LogP contribution in [0, 0.1) is 6.92 Å². The van der Waals surface area contributed by atoms with Crippen molar-refractivity contribution in [2.75, 3.05) is 14.2 Å². The van der Waals surface area contributed by atoms with Gasteiger partial charge in [0.2, 0.25) is 0 Å². The third-order valence-corrected chi connectivity index (χ3v) is 5.81. The zero-order valence-electron chi connectivity index (χ0n) is 14.8. The standard InChI is InChI=1S/C18H20N2O5S/c1-10-14(15(21)20-18(17(22)23)7-4-8-18)26-16(19-10)11-5-6-12(24-2)13(9-11)25-3/h5-6,9H,4,7-8H2,1-3H3,(H,20,21)(H,22,23). The van der Waals surface area contributed by atoms with Gasteiger partial charge in [-0.1, -0.05) is 0 Å². The zero-order chi connectivity index (χ0) is 18.9. The topological polar surface area (TPSA) is 97.8 Å². The Balaban J connectivity index is 1.87. The number of methoxy groups -OCH3 is 2. The molecule has 8 heteroatoms. The smallest absolute Gasteiger partial charge is 0.329 e. The van der Waals surface area contributed by atoms with E-state index in [1.165, 1.54) is 11.3 Å². The molecule has 1 amide bonds. The Morgan fingerprint density at radius 1 is 1.23 bits per heavy atom. The molecule has 0 bridgehead atoms. The van der Waals surface area contributed by atoms with Gasteiger partial charge in [-0.3, -0.25) is 4.79 Å². The van der Waals surface area contributed by atoms with E-state index in [9.17, 15) is 14.7 Å². The number of benzene rings is 1. The predicted octanol–water partition coefficient (Wildman–Crippen LogP) is 2.87. The van der Waals surface area contributed by atoms with E-state index < -0.39 is 17.4 Å². The third kappa shape index (κ3) is 3.12. The molecule has 1 saturated carbocycles. The quantitative estimate of drug-likeness (QED) is 0.804. The molecule has 1 heterocycles. The predicted molar refractivity (Wildman–Crippen MR) is 97.1 cm³/mol. The molecular formula is C18H20N2O5S. The molecule has 0 atom stereocenters. The van der Waals surface area contributed by atoms with E-state index in [-0.39, 0.29) is 0 Å². The van der Waals surface area contributed by atoms with Gasteiger partial charge in [-0.2, -0.15) is 0 Å². The molecule has 3 rings (SSSR count). The molecule has 1 fully saturated rings. The normalized spacial score (nSPS) is 15.0. The summed E-state index contributed by atoms with van der Waals surface area (Å²) in [6.45, 7) is 1.74. The van der Waals surface area contributed by atoms with Crippen LogP contribution in [-0.4, -0.2) is 41.7 Å². The van der Waals surface area contributed by atoms with Gasteiger partial charge in [0, 0.05) is 5.56 Å². The Bertz CT molecular complexity index is 857. The van der Waals surface area contributed by atoms with Crippen LogP contribution in [0.4, 0.5) is 0 Å². The number of ether oxygens (including phenoxy) is 2. The first-order valence-corrected chi connectivity index (χ1v) is 8.97. The van der Waals surface area contributed by atoms with Crippen molar-refractivity contribution < 1.29 is 24.2 Å². The number of thiazole rings is 1. The highest BCUT2D eigenvalue weighted by Crippen LogP contribution is 2.36. The molecule has 2 N–H and O–H groups in total. The number of carbonyl (C=O) groups excluding carboxylic acids is 1. The minimum Gasteiger partial charge on any atom is -0.493 e. The number of carboxylic acid groups (broad SMARTS) is 1. The van der Waals surface area contributed by atoms with Crippen LogP contribution in [0.1, 0.15) is 34.6 Å². The van der Waals surface area contributed by atoms with Crippen LogP contribution in [0.3, 0.4) is 0 Å². The van der Waals surface area contributed by atoms with Crippen LogP contribution >= 0.6 is 11.3 Å². The summed E-state index contributed by atoms with van der Waals surface area (Å²) >= 11 is 1.23. The maximum atomic E-state index is 12.6. The molecule has 2 aromatic rings. The molecule has 0 saturated heterocycles. The number of hydrogen-bond donors (Lipinski definition) is 2. The van der Waals surface area contributed by atoms with Gasteiger partial charge in [-0.25, -0.2) is 9.78 Å². The van der Waals surface area contributed by atoms with Crippen LogP contribution in [0.25, 0.3) is 10.6 Å². The SMILES string of the molecule is COc1ccc(-c2nc(C)c(C(=O)NC3(C(=O)O)CCC3)s2)cc1OC. The summed E-state index contributed by atoms with van der Waals surface area (Å²) in [6, 6.07) is 5.41. The maximum absolute atomic E-state index is 12.6. The highest BCUT2D eigenvalue weighted by Gasteiger charge is 2.46. The number of rotatable bonds is 6. The van der Waals surface area contributed by atoms with E-state index in [1.54, 1.807) is 33.3 Å². The molecule has 138 valence electrons. The van der Waals surface area contributed by atoms with Crippen LogP contribution in [0.15, 0.2) is 18.2 Å². The second-order valence-corrected chi connectivity index (χ2v) is 7.20. The molecule has 1 aromatic heterocycles. The van der Waals surface area contributed by atoms with Crippen molar-refractivity contribution >= 4 is 23.2 Å². The number of aliphatic carboxylic acids is 1. The van der Waals surface area contributed by atoms with Crippen molar-refractivity contribution in [2.45, 2.75) is 31.7 Å². The second-order valence-electron chi connectivity index (χ2n) is 6.20. The highest BCUT2D eigenvalue weighted by molar-refractivity contribution is 7.17. The van der Waals surface area contributed by atoms with E-state index in [1.807, 2.05) is 6.07 Å². The molecule has 0 aliphatic heterocycles. The summed E-state index contributed by atoms with van der Waals surface area (Å²) < 4.78 is 10.5. The minimum absolute atomic E-state index is 0.395. The van der Waals surface area contributed by atoms with Crippen LogP contribution < -0.4 is 14.8 Å². The number of aromatic nitrogens is 1. The summed E-state index contributed by atoms with van der Waals surface area (Å²) in [5, 5.41) is 12.7. The van der Waals surface area contributed by atoms with Gasteiger partial charge in [-0.15, -0.1) is 11.3 Å². The lowest BCUT2D eigenvalue weighted by atomic mass is 9.76. The monoisotopic (exact) mass is 376 g/mol. The Kier molecular flexibility index (Phi) is 4.86. The Morgan fingerprint density at radius 2 is 1.92 bits per heavy atom. The van der Waals surface area contributed by atoms with Crippen molar-refractivity contribution in [1.82, 2.24) is 10.3 Å². The van der Waals surface area contributed by atoms with Crippen LogP contribution in [0.2, 0.25) is 0 Å². The minimum atomic E-state index is -1.14. The summed E-state index contributed by atoms with van der Waals surface area (Å²) in [6.07, 6.45) is 1.70. The largest absolute Gasteiger partial charge is 0.493 e. The number of carboxylic acids is 1. The van der Waals surface area contributed by atoms with E-state index in [0.29, 0.717) is 39.9 Å². The molecule has 7 nitrogen and oxygen atoms in total. The Morgan fingerprint density at radius 3 is 2.46 bits per heavy atom. The zero-order valence-corrected chi connectivity index (χ0v) is 15.6. The van der Waals surface area contributed by atoms with Crippen molar-refractivity contribution in [3.8, 4) is 22.1 Å². The van der Waals surface area contributed by atoms with Crippen molar-refractivity contribution in [3.05, 3.63) is 28.8 Å². The van der Waals surface area contributed by atoms with Crippen molar-refractivity contribution in [1.29, 1.82) is 0 Å². The number of hydrogen-bond acceptors (Lipinski definition) is 6. The number of aryl methyl sites for hydroxylation is 1. The van der Waals surface area contributed by atoms with E-state index >= 15 is 0 Å². The molecule has 0 radical (unpaired) electrons. The van der Waals surface area contributed by atoms with Crippen LogP contribution in [0.5, 0.6) is 11.5 Å². The molecule has 1 aromatic carbocycles. The summed E-state index contributed by atoms with van der Waals surface area (Å²) in [5.74, 6) is -0.202. The first-order valence-electron chi connectivity index (χ1n) is 8.16. The first kappa shape index (κ1) is 18.2. The van der Waals surface area contributed by atoms with E-state index in [0.717, 1.165) is 12.0 Å². The van der Waals surface area contributed by atoms with Gasteiger partial charge in [-0.05, 0) is 44.4 Å². The van der Waals surface area contributed by atoms with Crippen molar-refractivity contribution in [3.63, 3.8) is 0 Å². The van der Waals surface area contributed by atoms with E-state index in [2.05, 4.69) is 10.3 Å². The summed E-state index contributed by atoms with van der Waals surface area (Å²) in [5.41, 5.74) is 0.223. The lowest BCUT2D eigenvalue weighted by Crippen LogP contribution is -2.59. The molecule has 1 aliphatic rings. The Labute approximate surface area is 155 Å². The third-order valence-electron chi connectivity index (χ3n) is 4.60. The molecule has 0 spiro atoms. The van der Waals surface area contributed by atoms with Gasteiger partial charge < -0.3 is 19.9 Å². The number of amides is 1. The molecular weight excluding hydrogens is 356 g/mol. The second kappa shape index (κ2) is 6.95.